The molecular formula is C18H21N3O2. The molecule has 0 aliphatic heterocycles. The van der Waals surface area contributed by atoms with E-state index in [1.807, 2.05) is 31.2 Å². The first-order valence-electron chi connectivity index (χ1n) is 7.51. The highest BCUT2D eigenvalue weighted by molar-refractivity contribution is 5.92. The Bertz CT molecular complexity index is 664. The molecule has 3 N–H and O–H groups in total. The summed E-state index contributed by atoms with van der Waals surface area (Å²) in [5, 5.41) is 8.72. The average molecular weight is 311 g/mol. The zero-order valence-electron chi connectivity index (χ0n) is 13.3. The number of carbonyl (C=O) groups excluding carboxylic acids is 2. The van der Waals surface area contributed by atoms with E-state index in [0.717, 1.165) is 5.69 Å². The van der Waals surface area contributed by atoms with Crippen LogP contribution in [-0.4, -0.2) is 18.4 Å². The van der Waals surface area contributed by atoms with Crippen LogP contribution in [0.5, 0.6) is 0 Å². The van der Waals surface area contributed by atoms with Gasteiger partial charge in [-0.05, 0) is 43.3 Å². The Labute approximate surface area is 136 Å². The zero-order chi connectivity index (χ0) is 16.7. The van der Waals surface area contributed by atoms with Gasteiger partial charge in [0.05, 0.1) is 0 Å². The smallest absolute Gasteiger partial charge is 0.226 e. The highest BCUT2D eigenvalue weighted by Crippen LogP contribution is 2.14. The van der Waals surface area contributed by atoms with Crippen molar-refractivity contribution in [3.63, 3.8) is 0 Å². The SMILES string of the molecule is CC(=O)Nc1ccc(NC(=O)CCNc2ccc(C)cc2)cc1. The Morgan fingerprint density at radius 3 is 1.91 bits per heavy atom. The van der Waals surface area contributed by atoms with Crippen molar-refractivity contribution in [3.8, 4) is 0 Å². The second-order valence-electron chi connectivity index (χ2n) is 5.35. The van der Waals surface area contributed by atoms with Crippen molar-refractivity contribution < 1.29 is 9.59 Å². The lowest BCUT2D eigenvalue weighted by molar-refractivity contribution is -0.116. The van der Waals surface area contributed by atoms with Gasteiger partial charge in [-0.1, -0.05) is 17.7 Å². The Hall–Kier alpha value is -2.82. The van der Waals surface area contributed by atoms with Gasteiger partial charge in [-0.2, -0.15) is 0 Å². The second kappa shape index (κ2) is 7.98. The summed E-state index contributed by atoms with van der Waals surface area (Å²) in [7, 11) is 0. The third-order valence-corrected chi connectivity index (χ3v) is 3.22. The summed E-state index contributed by atoms with van der Waals surface area (Å²) in [5.74, 6) is -0.180. The number of anilines is 3. The molecule has 0 unspecified atom stereocenters. The van der Waals surface area contributed by atoms with Crippen LogP contribution in [0.1, 0.15) is 18.9 Å². The van der Waals surface area contributed by atoms with Crippen LogP contribution in [0, 0.1) is 6.92 Å². The molecule has 0 heterocycles. The summed E-state index contributed by atoms with van der Waals surface area (Å²) in [6.07, 6.45) is 0.376. The minimum Gasteiger partial charge on any atom is -0.385 e. The molecule has 0 aromatic heterocycles. The summed E-state index contributed by atoms with van der Waals surface area (Å²) >= 11 is 0. The molecule has 5 nitrogen and oxygen atoms in total. The van der Waals surface area contributed by atoms with E-state index in [9.17, 15) is 9.59 Å². The first-order chi connectivity index (χ1) is 11.0. The van der Waals surface area contributed by atoms with E-state index in [1.54, 1.807) is 24.3 Å². The molecule has 0 spiro atoms. The van der Waals surface area contributed by atoms with Gasteiger partial charge in [0.2, 0.25) is 11.8 Å². The summed E-state index contributed by atoms with van der Waals surface area (Å²) in [6.45, 7) is 4.06. The van der Waals surface area contributed by atoms with Crippen molar-refractivity contribution in [2.24, 2.45) is 0 Å². The highest BCUT2D eigenvalue weighted by atomic mass is 16.2. The number of nitrogens with one attached hydrogen (secondary N) is 3. The van der Waals surface area contributed by atoms with Gasteiger partial charge in [0.25, 0.3) is 0 Å². The lowest BCUT2D eigenvalue weighted by Crippen LogP contribution is -2.16. The lowest BCUT2D eigenvalue weighted by Gasteiger charge is -2.08. The Morgan fingerprint density at radius 1 is 0.826 bits per heavy atom. The summed E-state index contributed by atoms with van der Waals surface area (Å²) in [5.41, 5.74) is 3.62. The molecule has 0 saturated heterocycles. The quantitative estimate of drug-likeness (QED) is 0.766. The Morgan fingerprint density at radius 2 is 1.35 bits per heavy atom. The Kier molecular flexibility index (Phi) is 5.74. The molecule has 2 aromatic carbocycles. The molecule has 23 heavy (non-hydrogen) atoms. The number of hydrogen-bond acceptors (Lipinski definition) is 3. The molecule has 2 amide bonds. The third-order valence-electron chi connectivity index (χ3n) is 3.22. The van der Waals surface area contributed by atoms with Crippen molar-refractivity contribution >= 4 is 28.9 Å². The molecule has 0 saturated carbocycles. The molecule has 0 aliphatic carbocycles. The van der Waals surface area contributed by atoms with E-state index in [1.165, 1.54) is 12.5 Å². The highest BCUT2D eigenvalue weighted by Gasteiger charge is 2.03. The van der Waals surface area contributed by atoms with Crippen LogP contribution in [0.2, 0.25) is 0 Å². The summed E-state index contributed by atoms with van der Waals surface area (Å²) in [4.78, 5) is 22.8. The molecule has 0 bridgehead atoms. The van der Waals surface area contributed by atoms with Crippen LogP contribution in [-0.2, 0) is 9.59 Å². The lowest BCUT2D eigenvalue weighted by atomic mass is 10.2. The van der Waals surface area contributed by atoms with E-state index in [2.05, 4.69) is 16.0 Å². The van der Waals surface area contributed by atoms with Crippen LogP contribution in [0.3, 0.4) is 0 Å². The van der Waals surface area contributed by atoms with Gasteiger partial charge in [-0.3, -0.25) is 9.59 Å². The number of benzene rings is 2. The molecule has 0 atom stereocenters. The van der Waals surface area contributed by atoms with Gasteiger partial charge >= 0.3 is 0 Å². The fraction of sp³-hybridized carbons (Fsp3) is 0.222. The van der Waals surface area contributed by atoms with E-state index in [0.29, 0.717) is 24.3 Å². The first-order valence-corrected chi connectivity index (χ1v) is 7.51. The number of amides is 2. The van der Waals surface area contributed by atoms with Crippen molar-refractivity contribution in [2.45, 2.75) is 20.3 Å². The zero-order valence-corrected chi connectivity index (χ0v) is 13.3. The fourth-order valence-electron chi connectivity index (χ4n) is 2.06. The summed E-state index contributed by atoms with van der Waals surface area (Å²) < 4.78 is 0. The maximum absolute atomic E-state index is 11.9. The molecule has 2 rings (SSSR count). The largest absolute Gasteiger partial charge is 0.385 e. The topological polar surface area (TPSA) is 70.2 Å². The predicted octanol–water partition coefficient (Wildman–Crippen LogP) is 3.39. The molecule has 0 radical (unpaired) electrons. The number of aryl methyl sites for hydroxylation is 1. The van der Waals surface area contributed by atoms with Crippen LogP contribution >= 0.6 is 0 Å². The van der Waals surface area contributed by atoms with Gasteiger partial charge in [0.1, 0.15) is 0 Å². The number of hydrogen-bond donors (Lipinski definition) is 3. The predicted molar refractivity (Wildman–Crippen MR) is 93.7 cm³/mol. The molecule has 0 aliphatic rings. The van der Waals surface area contributed by atoms with Crippen LogP contribution in [0.15, 0.2) is 48.5 Å². The summed E-state index contributed by atoms with van der Waals surface area (Å²) in [6, 6.07) is 15.1. The monoisotopic (exact) mass is 311 g/mol. The molecular weight excluding hydrogens is 290 g/mol. The number of rotatable bonds is 6. The maximum Gasteiger partial charge on any atom is 0.226 e. The average Bonchev–Trinajstić information content (AvgIpc) is 2.51. The van der Waals surface area contributed by atoms with E-state index < -0.39 is 0 Å². The van der Waals surface area contributed by atoms with Crippen molar-refractivity contribution in [2.75, 3.05) is 22.5 Å². The first kappa shape index (κ1) is 16.5. The minimum absolute atomic E-state index is 0.0584. The Balaban J connectivity index is 1.76. The van der Waals surface area contributed by atoms with Crippen LogP contribution < -0.4 is 16.0 Å². The van der Waals surface area contributed by atoms with Crippen molar-refractivity contribution in [1.82, 2.24) is 0 Å². The van der Waals surface area contributed by atoms with Gasteiger partial charge in [-0.25, -0.2) is 0 Å². The molecule has 0 fully saturated rings. The maximum atomic E-state index is 11.9. The van der Waals surface area contributed by atoms with E-state index >= 15 is 0 Å². The molecule has 120 valence electrons. The van der Waals surface area contributed by atoms with Crippen LogP contribution in [0.4, 0.5) is 17.1 Å². The second-order valence-corrected chi connectivity index (χ2v) is 5.35. The van der Waals surface area contributed by atoms with E-state index in [4.69, 9.17) is 0 Å². The van der Waals surface area contributed by atoms with Gasteiger partial charge in [0.15, 0.2) is 0 Å². The van der Waals surface area contributed by atoms with Gasteiger partial charge < -0.3 is 16.0 Å². The van der Waals surface area contributed by atoms with E-state index in [-0.39, 0.29) is 11.8 Å². The molecule has 2 aromatic rings. The van der Waals surface area contributed by atoms with Crippen LogP contribution in [0.25, 0.3) is 0 Å². The van der Waals surface area contributed by atoms with Gasteiger partial charge in [0, 0.05) is 37.0 Å². The normalized spacial score (nSPS) is 10.0. The van der Waals surface area contributed by atoms with Crippen molar-refractivity contribution in [1.29, 1.82) is 0 Å². The third kappa shape index (κ3) is 5.82. The minimum atomic E-state index is -0.121. The number of carbonyl (C=O) groups is 2. The van der Waals surface area contributed by atoms with Crippen molar-refractivity contribution in [3.05, 3.63) is 54.1 Å². The standard InChI is InChI=1S/C18H21N3O2/c1-13-3-5-15(6-4-13)19-12-11-18(23)21-17-9-7-16(8-10-17)20-14(2)22/h3-10,19H,11-12H2,1-2H3,(H,20,22)(H,21,23). The molecule has 5 heteroatoms. The van der Waals surface area contributed by atoms with Gasteiger partial charge in [-0.15, -0.1) is 0 Å². The fourth-order valence-corrected chi connectivity index (χ4v) is 2.06.